The van der Waals surface area contributed by atoms with Crippen LogP contribution in [0.3, 0.4) is 0 Å². The molecule has 0 bridgehead atoms. The number of ether oxygens (including phenoxy) is 1. The molecule has 3 N–H and O–H groups in total. The van der Waals surface area contributed by atoms with Crippen LogP contribution in [-0.2, 0) is 35.3 Å². The third kappa shape index (κ3) is 13.4. The van der Waals surface area contributed by atoms with Gasteiger partial charge in [0.05, 0.1) is 19.8 Å². The lowest BCUT2D eigenvalue weighted by Crippen LogP contribution is -2.72. The summed E-state index contributed by atoms with van der Waals surface area (Å²) in [5.41, 5.74) is 1.11. The van der Waals surface area contributed by atoms with E-state index in [1.165, 1.54) is 18.4 Å². The third-order valence-corrected chi connectivity index (χ3v) is 6.83. The van der Waals surface area contributed by atoms with Gasteiger partial charge >= 0.3 is 36.4 Å². The molecule has 13 nitrogen and oxygen atoms in total. The number of rotatable bonds is 5. The maximum atomic E-state index is 12.9. The minimum absolute atomic E-state index is 0.0783. The molecule has 4 fully saturated rings. The van der Waals surface area contributed by atoms with Crippen LogP contribution in [0.5, 0.6) is 0 Å². The zero-order chi connectivity index (χ0) is 36.5. The minimum Gasteiger partial charge on any atom is -0.475 e. The molecule has 5 rings (SSSR count). The molecule has 1 atom stereocenters. The van der Waals surface area contributed by atoms with Gasteiger partial charge in [-0.3, -0.25) is 24.4 Å². The average molecular weight is 715 g/mol. The summed E-state index contributed by atoms with van der Waals surface area (Å²) in [7, 11) is 0. The van der Waals surface area contributed by atoms with Crippen LogP contribution >= 0.6 is 0 Å². The van der Waals surface area contributed by atoms with Crippen LogP contribution in [0.25, 0.3) is 0 Å². The van der Waals surface area contributed by atoms with Crippen molar-refractivity contribution in [1.29, 1.82) is 0 Å². The van der Waals surface area contributed by atoms with E-state index in [-0.39, 0.29) is 17.6 Å². The highest BCUT2D eigenvalue weighted by molar-refractivity contribution is 5.81. The molecule has 1 aromatic heterocycles. The Morgan fingerprint density at radius 3 is 1.79 bits per heavy atom. The van der Waals surface area contributed by atoms with Gasteiger partial charge in [-0.25, -0.2) is 19.4 Å². The third-order valence-electron chi connectivity index (χ3n) is 6.83. The number of likely N-dealkylation sites (tertiary alicyclic amines) is 1. The molecule has 4 heterocycles. The van der Waals surface area contributed by atoms with Crippen molar-refractivity contribution in [3.8, 4) is 0 Å². The number of pyridine rings is 1. The summed E-state index contributed by atoms with van der Waals surface area (Å²) in [5.74, 6) is -7.44. The summed E-state index contributed by atoms with van der Waals surface area (Å²) in [6.45, 7) is 6.44. The number of hydroxylamine groups is 2. The first-order valence-electron chi connectivity index (χ1n) is 13.9. The van der Waals surface area contributed by atoms with Crippen LogP contribution in [0.15, 0.2) is 24.5 Å². The van der Waals surface area contributed by atoms with Gasteiger partial charge in [0.1, 0.15) is 11.6 Å². The van der Waals surface area contributed by atoms with Crippen LogP contribution in [0.1, 0.15) is 24.8 Å². The predicted octanol–water partition coefficient (Wildman–Crippen LogP) is 2.81. The van der Waals surface area contributed by atoms with Crippen LogP contribution in [0.2, 0.25) is 0 Å². The van der Waals surface area contributed by atoms with Gasteiger partial charge in [-0.1, -0.05) is 6.07 Å². The lowest BCUT2D eigenvalue weighted by Gasteiger charge is -2.55. The van der Waals surface area contributed by atoms with E-state index >= 15 is 0 Å². The molecule has 1 aromatic rings. The summed E-state index contributed by atoms with van der Waals surface area (Å²) < 4.78 is 102. The fourth-order valence-corrected chi connectivity index (χ4v) is 4.55. The lowest BCUT2D eigenvalue weighted by atomic mass is 9.89. The van der Waals surface area contributed by atoms with Crippen LogP contribution in [0.4, 0.5) is 39.5 Å². The molecule has 1 unspecified atom stereocenters. The maximum Gasteiger partial charge on any atom is 0.490 e. The molecule has 1 saturated carbocycles. The number of hydrogen-bond acceptors (Lipinski definition) is 9. The molecule has 1 amide bonds. The van der Waals surface area contributed by atoms with Crippen molar-refractivity contribution in [2.24, 2.45) is 5.92 Å². The molecular formula is C26H31F9N4O9. The number of hydrogen-bond donors (Lipinski definition) is 3. The highest BCUT2D eigenvalue weighted by Gasteiger charge is 2.52. The number of amides is 1. The number of nitrogens with zero attached hydrogens (tertiary/aromatic N) is 4. The molecule has 3 aliphatic heterocycles. The van der Waals surface area contributed by atoms with Crippen molar-refractivity contribution in [2.75, 3.05) is 45.9 Å². The Morgan fingerprint density at radius 2 is 1.40 bits per heavy atom. The number of morpholine rings is 1. The lowest BCUT2D eigenvalue weighted by molar-refractivity contribution is -0.216. The number of carboxylic acid groups (broad SMARTS) is 3. The average Bonchev–Trinajstić information content (AvgIpc) is 3.59. The summed E-state index contributed by atoms with van der Waals surface area (Å²) in [4.78, 5) is 54.1. The zero-order valence-corrected chi connectivity index (χ0v) is 24.7. The Balaban J connectivity index is 0.000000313. The van der Waals surface area contributed by atoms with E-state index in [9.17, 15) is 44.3 Å². The Bertz CT molecular complexity index is 1180. The summed E-state index contributed by atoms with van der Waals surface area (Å²) in [6.07, 6.45) is -8.01. The number of aliphatic carboxylic acids is 3. The number of aromatic nitrogens is 1. The Kier molecular flexibility index (Phi) is 13.9. The van der Waals surface area contributed by atoms with Gasteiger partial charge < -0.3 is 20.1 Å². The number of carbonyl (C=O) groups is 4. The molecule has 0 aromatic carbocycles. The smallest absolute Gasteiger partial charge is 0.475 e. The van der Waals surface area contributed by atoms with Crippen molar-refractivity contribution < 1.29 is 83.6 Å². The van der Waals surface area contributed by atoms with Crippen molar-refractivity contribution >= 4 is 23.8 Å². The van der Waals surface area contributed by atoms with Crippen molar-refractivity contribution in [3.63, 3.8) is 0 Å². The Morgan fingerprint density at radius 1 is 0.875 bits per heavy atom. The maximum absolute atomic E-state index is 12.9. The topological polar surface area (TPSA) is 170 Å². The molecule has 22 heteroatoms. The van der Waals surface area contributed by atoms with Gasteiger partial charge in [-0.2, -0.15) is 39.5 Å². The molecular weight excluding hydrogens is 683 g/mol. The minimum atomic E-state index is -5.08. The van der Waals surface area contributed by atoms with Crippen molar-refractivity contribution in [2.45, 2.75) is 56.0 Å². The first kappa shape index (κ1) is 40.4. The van der Waals surface area contributed by atoms with Gasteiger partial charge in [0.25, 0.3) is 5.91 Å². The fourth-order valence-electron chi connectivity index (χ4n) is 4.55. The van der Waals surface area contributed by atoms with E-state index in [0.29, 0.717) is 19.8 Å². The van der Waals surface area contributed by atoms with E-state index in [4.69, 9.17) is 39.3 Å². The Hall–Kier alpha value is -3.76. The normalized spacial score (nSPS) is 20.9. The van der Waals surface area contributed by atoms with Crippen molar-refractivity contribution in [1.82, 2.24) is 19.8 Å². The van der Waals surface area contributed by atoms with E-state index in [2.05, 4.69) is 20.9 Å². The molecule has 1 aliphatic carbocycles. The van der Waals surface area contributed by atoms with Crippen LogP contribution < -0.4 is 0 Å². The molecule has 48 heavy (non-hydrogen) atoms. The number of halogens is 9. The van der Waals surface area contributed by atoms with Gasteiger partial charge in [-0.15, -0.1) is 0 Å². The highest BCUT2D eigenvalue weighted by Crippen LogP contribution is 2.36. The highest BCUT2D eigenvalue weighted by atomic mass is 19.4. The van der Waals surface area contributed by atoms with E-state index in [1.807, 2.05) is 18.5 Å². The van der Waals surface area contributed by atoms with E-state index in [0.717, 1.165) is 45.1 Å². The van der Waals surface area contributed by atoms with Gasteiger partial charge in [-0.05, 0) is 36.8 Å². The molecule has 4 aliphatic rings. The molecule has 1 spiro atoms. The van der Waals surface area contributed by atoms with E-state index < -0.39 is 36.4 Å². The van der Waals surface area contributed by atoms with E-state index in [1.54, 1.807) is 5.06 Å². The van der Waals surface area contributed by atoms with Gasteiger partial charge in [0.15, 0.2) is 0 Å². The predicted molar refractivity (Wildman–Crippen MR) is 140 cm³/mol. The first-order valence-corrected chi connectivity index (χ1v) is 13.9. The second-order valence-electron chi connectivity index (χ2n) is 10.9. The molecule has 272 valence electrons. The monoisotopic (exact) mass is 714 g/mol. The molecule has 3 saturated heterocycles. The molecule has 0 radical (unpaired) electrons. The Labute approximate surface area is 265 Å². The summed E-state index contributed by atoms with van der Waals surface area (Å²) in [5, 5.41) is 22.9. The van der Waals surface area contributed by atoms with Crippen molar-refractivity contribution in [3.05, 3.63) is 30.1 Å². The summed E-state index contributed by atoms with van der Waals surface area (Å²) >= 11 is 0. The summed E-state index contributed by atoms with van der Waals surface area (Å²) in [6, 6.07) is 3.90. The number of carbonyl (C=O) groups excluding carboxylic acids is 1. The second kappa shape index (κ2) is 16.6. The first-order chi connectivity index (χ1) is 22.0. The zero-order valence-electron chi connectivity index (χ0n) is 24.7. The SMILES string of the molecule is O=C(C1COC2(CN(Cc3cccnc3)C2)CN1CC1CC1)N1CCCO1.O=C(O)C(F)(F)F.O=C(O)C(F)(F)F.O=C(O)C(F)(F)F. The number of carboxylic acids is 3. The van der Waals surface area contributed by atoms with Crippen LogP contribution in [-0.4, -0.2) is 135 Å². The van der Waals surface area contributed by atoms with Crippen LogP contribution in [0, 0.1) is 5.92 Å². The largest absolute Gasteiger partial charge is 0.490 e. The van der Waals surface area contributed by atoms with Gasteiger partial charge in [0.2, 0.25) is 0 Å². The fraction of sp³-hybridized carbons (Fsp3) is 0.654. The second-order valence-corrected chi connectivity index (χ2v) is 10.9. The van der Waals surface area contributed by atoms with Gasteiger partial charge in [0, 0.05) is 45.1 Å². The number of alkyl halides is 9. The standard InChI is InChI=1S/C20H28N4O3.3C2HF3O2/c25-19(24-7-2-8-27-24)18-12-26-20(15-23(18)11-16-4-5-16)13-22(14-20)10-17-3-1-6-21-9-17;3*3-2(4,5)1(6)7/h1,3,6,9,16,18H,2,4-5,7-8,10-15H2;3*(H,6,7). The quantitative estimate of drug-likeness (QED) is 0.382.